The smallest absolute Gasteiger partial charge is 0.124 e. The Morgan fingerprint density at radius 1 is 1.40 bits per heavy atom. The molecule has 0 aliphatic rings. The second kappa shape index (κ2) is 5.73. The van der Waals surface area contributed by atoms with E-state index in [0.29, 0.717) is 25.5 Å². The summed E-state index contributed by atoms with van der Waals surface area (Å²) in [4.78, 5) is 0. The molecular weight excluding hydrogens is 190 g/mol. The van der Waals surface area contributed by atoms with E-state index in [0.717, 1.165) is 23.1 Å². The molecule has 0 fully saturated rings. The van der Waals surface area contributed by atoms with Crippen molar-refractivity contribution in [3.05, 3.63) is 28.8 Å². The standard InChI is InChI=1S/C12H19NO2/c1-3-4-15-8-11-6-10(7-13)5-9(2)12(11)14/h5-6,14H,3-4,7-8,13H2,1-2H3. The van der Waals surface area contributed by atoms with Crippen molar-refractivity contribution in [3.8, 4) is 5.75 Å². The van der Waals surface area contributed by atoms with Crippen molar-refractivity contribution in [1.82, 2.24) is 0 Å². The molecule has 0 aromatic heterocycles. The van der Waals surface area contributed by atoms with Crippen LogP contribution in [0, 0.1) is 6.92 Å². The SMILES string of the molecule is CCCOCc1cc(CN)cc(C)c1O. The lowest BCUT2D eigenvalue weighted by Crippen LogP contribution is -2.01. The Bertz CT molecular complexity index is 324. The highest BCUT2D eigenvalue weighted by Crippen LogP contribution is 2.24. The number of hydrogen-bond acceptors (Lipinski definition) is 3. The van der Waals surface area contributed by atoms with Gasteiger partial charge in [0.2, 0.25) is 0 Å². The van der Waals surface area contributed by atoms with E-state index in [1.807, 2.05) is 19.1 Å². The van der Waals surface area contributed by atoms with Crippen molar-refractivity contribution in [2.24, 2.45) is 5.73 Å². The molecule has 0 spiro atoms. The van der Waals surface area contributed by atoms with Crippen LogP contribution < -0.4 is 5.73 Å². The number of phenols is 1. The lowest BCUT2D eigenvalue weighted by molar-refractivity contribution is 0.119. The highest BCUT2D eigenvalue weighted by molar-refractivity contribution is 5.42. The quantitative estimate of drug-likeness (QED) is 0.730. The van der Waals surface area contributed by atoms with Gasteiger partial charge in [-0.3, -0.25) is 0 Å². The van der Waals surface area contributed by atoms with Crippen LogP contribution in [-0.2, 0) is 17.9 Å². The van der Waals surface area contributed by atoms with Crippen LogP contribution in [0.1, 0.15) is 30.0 Å². The van der Waals surface area contributed by atoms with Gasteiger partial charge in [0.25, 0.3) is 0 Å². The topological polar surface area (TPSA) is 55.5 Å². The maximum Gasteiger partial charge on any atom is 0.124 e. The van der Waals surface area contributed by atoms with Gasteiger partial charge in [0.05, 0.1) is 6.61 Å². The predicted octanol–water partition coefficient (Wildman–Crippen LogP) is 2.09. The number of aromatic hydroxyl groups is 1. The predicted molar refractivity (Wildman–Crippen MR) is 60.7 cm³/mol. The summed E-state index contributed by atoms with van der Waals surface area (Å²) in [6, 6.07) is 3.80. The highest BCUT2D eigenvalue weighted by Gasteiger charge is 2.06. The molecule has 0 aliphatic heterocycles. The van der Waals surface area contributed by atoms with Crippen molar-refractivity contribution in [3.63, 3.8) is 0 Å². The van der Waals surface area contributed by atoms with E-state index in [9.17, 15) is 5.11 Å². The normalized spacial score (nSPS) is 10.6. The average Bonchev–Trinajstić information content (AvgIpc) is 2.24. The van der Waals surface area contributed by atoms with Crippen LogP contribution in [0.15, 0.2) is 12.1 Å². The van der Waals surface area contributed by atoms with Crippen molar-refractivity contribution >= 4 is 0 Å². The molecule has 0 radical (unpaired) electrons. The lowest BCUT2D eigenvalue weighted by atomic mass is 10.1. The third kappa shape index (κ3) is 3.22. The minimum atomic E-state index is 0.323. The molecule has 3 heteroatoms. The van der Waals surface area contributed by atoms with Gasteiger partial charge in [-0.25, -0.2) is 0 Å². The first-order chi connectivity index (χ1) is 7.19. The molecular formula is C12H19NO2. The van der Waals surface area contributed by atoms with Crippen LogP contribution in [0.25, 0.3) is 0 Å². The minimum absolute atomic E-state index is 0.323. The van der Waals surface area contributed by atoms with E-state index < -0.39 is 0 Å². The van der Waals surface area contributed by atoms with Crippen molar-refractivity contribution < 1.29 is 9.84 Å². The molecule has 3 nitrogen and oxygen atoms in total. The number of nitrogens with two attached hydrogens (primary N) is 1. The molecule has 0 amide bonds. The molecule has 0 bridgehead atoms. The summed E-state index contributed by atoms with van der Waals surface area (Å²) in [5.74, 6) is 0.323. The van der Waals surface area contributed by atoms with E-state index in [2.05, 4.69) is 6.92 Å². The molecule has 0 unspecified atom stereocenters. The Morgan fingerprint density at radius 3 is 2.73 bits per heavy atom. The summed E-state index contributed by atoms with van der Waals surface area (Å²) >= 11 is 0. The van der Waals surface area contributed by atoms with Crippen LogP contribution >= 0.6 is 0 Å². The summed E-state index contributed by atoms with van der Waals surface area (Å²) in [6.07, 6.45) is 0.982. The Labute approximate surface area is 90.9 Å². The fourth-order valence-corrected chi connectivity index (χ4v) is 1.49. The van der Waals surface area contributed by atoms with Gasteiger partial charge in [0, 0.05) is 18.7 Å². The first kappa shape index (κ1) is 12.0. The molecule has 0 heterocycles. The Kier molecular flexibility index (Phi) is 4.59. The van der Waals surface area contributed by atoms with Crippen molar-refractivity contribution in [2.45, 2.75) is 33.4 Å². The Morgan fingerprint density at radius 2 is 2.13 bits per heavy atom. The molecule has 3 N–H and O–H groups in total. The number of aryl methyl sites for hydroxylation is 1. The van der Waals surface area contributed by atoms with Crippen molar-refractivity contribution in [2.75, 3.05) is 6.61 Å². The molecule has 15 heavy (non-hydrogen) atoms. The molecule has 0 aliphatic carbocycles. The highest BCUT2D eigenvalue weighted by atomic mass is 16.5. The van der Waals surface area contributed by atoms with E-state index in [1.54, 1.807) is 0 Å². The zero-order valence-corrected chi connectivity index (χ0v) is 9.42. The zero-order valence-electron chi connectivity index (χ0n) is 9.42. The van der Waals surface area contributed by atoms with Crippen LogP contribution in [0.2, 0.25) is 0 Å². The second-order valence-corrected chi connectivity index (χ2v) is 3.68. The third-order valence-corrected chi connectivity index (χ3v) is 2.28. The van der Waals surface area contributed by atoms with E-state index >= 15 is 0 Å². The minimum Gasteiger partial charge on any atom is -0.507 e. The van der Waals surface area contributed by atoms with Crippen LogP contribution in [-0.4, -0.2) is 11.7 Å². The number of phenolic OH excluding ortho intramolecular Hbond substituents is 1. The fourth-order valence-electron chi connectivity index (χ4n) is 1.49. The zero-order chi connectivity index (χ0) is 11.3. The van der Waals surface area contributed by atoms with E-state index in [-0.39, 0.29) is 0 Å². The maximum atomic E-state index is 9.80. The first-order valence-electron chi connectivity index (χ1n) is 5.28. The monoisotopic (exact) mass is 209 g/mol. The number of benzene rings is 1. The fraction of sp³-hybridized carbons (Fsp3) is 0.500. The Balaban J connectivity index is 2.80. The largest absolute Gasteiger partial charge is 0.507 e. The molecule has 0 saturated carbocycles. The first-order valence-corrected chi connectivity index (χ1v) is 5.28. The summed E-state index contributed by atoms with van der Waals surface area (Å²) in [7, 11) is 0. The number of ether oxygens (including phenoxy) is 1. The maximum absolute atomic E-state index is 9.80. The van der Waals surface area contributed by atoms with Gasteiger partial charge in [-0.1, -0.05) is 13.0 Å². The van der Waals surface area contributed by atoms with Gasteiger partial charge in [-0.2, -0.15) is 0 Å². The summed E-state index contributed by atoms with van der Waals surface area (Å²) in [6.45, 7) is 5.58. The molecule has 1 rings (SSSR count). The van der Waals surface area contributed by atoms with Gasteiger partial charge in [-0.05, 0) is 30.5 Å². The van der Waals surface area contributed by atoms with E-state index in [1.165, 1.54) is 0 Å². The molecule has 1 aromatic rings. The molecule has 0 saturated heterocycles. The van der Waals surface area contributed by atoms with Crippen LogP contribution in [0.4, 0.5) is 0 Å². The summed E-state index contributed by atoms with van der Waals surface area (Å²) in [5.41, 5.74) is 8.28. The van der Waals surface area contributed by atoms with Crippen LogP contribution in [0.3, 0.4) is 0 Å². The van der Waals surface area contributed by atoms with Gasteiger partial charge >= 0.3 is 0 Å². The second-order valence-electron chi connectivity index (χ2n) is 3.68. The van der Waals surface area contributed by atoms with Gasteiger partial charge in [-0.15, -0.1) is 0 Å². The van der Waals surface area contributed by atoms with E-state index in [4.69, 9.17) is 10.5 Å². The Hall–Kier alpha value is -1.06. The third-order valence-electron chi connectivity index (χ3n) is 2.28. The average molecular weight is 209 g/mol. The molecule has 1 aromatic carbocycles. The van der Waals surface area contributed by atoms with Crippen molar-refractivity contribution in [1.29, 1.82) is 0 Å². The van der Waals surface area contributed by atoms with Crippen LogP contribution in [0.5, 0.6) is 5.75 Å². The van der Waals surface area contributed by atoms with Gasteiger partial charge in [0.15, 0.2) is 0 Å². The van der Waals surface area contributed by atoms with Gasteiger partial charge in [0.1, 0.15) is 5.75 Å². The molecule has 84 valence electrons. The van der Waals surface area contributed by atoms with Gasteiger partial charge < -0.3 is 15.6 Å². The number of hydrogen-bond donors (Lipinski definition) is 2. The summed E-state index contributed by atoms with van der Waals surface area (Å²) in [5, 5.41) is 9.80. The number of rotatable bonds is 5. The molecule has 0 atom stereocenters. The summed E-state index contributed by atoms with van der Waals surface area (Å²) < 4.78 is 5.40. The lowest BCUT2D eigenvalue weighted by Gasteiger charge is -2.10.